The summed E-state index contributed by atoms with van der Waals surface area (Å²) < 4.78 is 51.5. The van der Waals surface area contributed by atoms with E-state index in [1.54, 1.807) is 32.2 Å². The van der Waals surface area contributed by atoms with Crippen LogP contribution in [0, 0.1) is 5.82 Å². The molecule has 0 aliphatic carbocycles. The largest absolute Gasteiger partial charge is 0.486 e. The van der Waals surface area contributed by atoms with Crippen molar-refractivity contribution in [2.75, 3.05) is 39.0 Å². The highest BCUT2D eigenvalue weighted by molar-refractivity contribution is 7.89. The number of halogens is 1. The average molecular weight is 431 g/mol. The van der Waals surface area contributed by atoms with Gasteiger partial charge in [-0.3, -0.25) is 4.99 Å². The topological polar surface area (TPSA) is 101 Å². The van der Waals surface area contributed by atoms with E-state index in [0.29, 0.717) is 25.7 Å². The van der Waals surface area contributed by atoms with E-state index in [0.717, 1.165) is 19.3 Å². The Labute approximate surface area is 172 Å². The van der Waals surface area contributed by atoms with E-state index in [-0.39, 0.29) is 30.3 Å². The summed E-state index contributed by atoms with van der Waals surface area (Å²) in [5.74, 6) is 0.128. The minimum absolute atomic E-state index is 0.0446. The van der Waals surface area contributed by atoms with Crippen LogP contribution in [0.2, 0.25) is 0 Å². The third-order valence-electron chi connectivity index (χ3n) is 4.41. The second-order valence-corrected chi connectivity index (χ2v) is 8.82. The lowest BCUT2D eigenvalue weighted by Gasteiger charge is -2.22. The van der Waals surface area contributed by atoms with Crippen molar-refractivity contribution in [1.29, 1.82) is 0 Å². The summed E-state index contributed by atoms with van der Waals surface area (Å²) in [6.07, 6.45) is 2.62. The zero-order chi connectivity index (χ0) is 21.1. The molecular weight excluding hydrogens is 399 g/mol. The molecule has 10 heteroatoms. The smallest absolute Gasteiger partial charge is 0.213 e. The van der Waals surface area contributed by atoms with Crippen molar-refractivity contribution >= 4 is 16.0 Å². The maximum absolute atomic E-state index is 13.6. The molecule has 29 heavy (non-hydrogen) atoms. The number of ether oxygens (including phenoxy) is 2. The summed E-state index contributed by atoms with van der Waals surface area (Å²) in [4.78, 5) is 4.05. The Balaban J connectivity index is 1.66. The Bertz CT molecular complexity index is 754. The van der Waals surface area contributed by atoms with Gasteiger partial charge in [-0.2, -0.15) is 0 Å². The Hall–Kier alpha value is -1.91. The first-order chi connectivity index (χ1) is 13.9. The number of nitrogens with one attached hydrogen (secondary N) is 3. The zero-order valence-electron chi connectivity index (χ0n) is 17.0. The molecule has 0 saturated carbocycles. The number of benzene rings is 1. The molecule has 0 aromatic heterocycles. The monoisotopic (exact) mass is 430 g/mol. The SMILES string of the molecule is CN=C(NCCS(=O)(=O)NCC1CCCCO1)NCC(C)Oc1ccccc1F. The maximum Gasteiger partial charge on any atom is 0.213 e. The molecule has 8 nitrogen and oxygen atoms in total. The maximum atomic E-state index is 13.6. The van der Waals surface area contributed by atoms with Crippen molar-refractivity contribution in [2.24, 2.45) is 4.99 Å². The van der Waals surface area contributed by atoms with Gasteiger partial charge >= 0.3 is 0 Å². The highest BCUT2D eigenvalue weighted by Crippen LogP contribution is 2.16. The van der Waals surface area contributed by atoms with Crippen LogP contribution in [-0.4, -0.2) is 65.6 Å². The summed E-state index contributed by atoms with van der Waals surface area (Å²) in [6.45, 7) is 3.37. The van der Waals surface area contributed by atoms with Gasteiger partial charge in [0.1, 0.15) is 6.10 Å². The normalized spacial score (nSPS) is 18.9. The predicted molar refractivity (Wildman–Crippen MR) is 111 cm³/mol. The van der Waals surface area contributed by atoms with Crippen LogP contribution < -0.4 is 20.1 Å². The third-order valence-corrected chi connectivity index (χ3v) is 5.76. The predicted octanol–water partition coefficient (Wildman–Crippen LogP) is 1.25. The highest BCUT2D eigenvalue weighted by Gasteiger charge is 2.17. The lowest BCUT2D eigenvalue weighted by atomic mass is 10.1. The fourth-order valence-electron chi connectivity index (χ4n) is 2.82. The van der Waals surface area contributed by atoms with Gasteiger partial charge in [0.2, 0.25) is 10.0 Å². The first-order valence-corrected chi connectivity index (χ1v) is 11.5. The lowest BCUT2D eigenvalue weighted by Crippen LogP contribution is -2.44. The van der Waals surface area contributed by atoms with Gasteiger partial charge in [0.15, 0.2) is 17.5 Å². The van der Waals surface area contributed by atoms with Gasteiger partial charge in [-0.05, 0) is 38.3 Å². The van der Waals surface area contributed by atoms with Crippen molar-refractivity contribution in [2.45, 2.75) is 38.4 Å². The van der Waals surface area contributed by atoms with Gasteiger partial charge in [0, 0.05) is 26.7 Å². The fourth-order valence-corrected chi connectivity index (χ4v) is 3.78. The molecule has 1 aliphatic rings. The first-order valence-electron chi connectivity index (χ1n) is 9.84. The number of guanidine groups is 1. The molecule has 2 unspecified atom stereocenters. The van der Waals surface area contributed by atoms with Crippen molar-refractivity contribution in [1.82, 2.24) is 15.4 Å². The molecule has 2 rings (SSSR count). The molecule has 2 atom stereocenters. The van der Waals surface area contributed by atoms with Crippen LogP contribution in [0.3, 0.4) is 0 Å². The molecule has 1 aliphatic heterocycles. The van der Waals surface area contributed by atoms with Crippen LogP contribution in [0.1, 0.15) is 26.2 Å². The average Bonchev–Trinajstić information content (AvgIpc) is 2.71. The fraction of sp³-hybridized carbons (Fsp3) is 0.632. The molecule has 0 bridgehead atoms. The molecule has 0 amide bonds. The second kappa shape index (κ2) is 11.9. The van der Waals surface area contributed by atoms with Crippen molar-refractivity contribution < 1.29 is 22.3 Å². The highest BCUT2D eigenvalue weighted by atomic mass is 32.2. The molecule has 3 N–H and O–H groups in total. The van der Waals surface area contributed by atoms with E-state index in [1.165, 1.54) is 6.07 Å². The van der Waals surface area contributed by atoms with E-state index in [4.69, 9.17) is 9.47 Å². The van der Waals surface area contributed by atoms with Gasteiger partial charge in [-0.25, -0.2) is 17.5 Å². The Kier molecular flexibility index (Phi) is 9.62. The molecule has 1 fully saturated rings. The number of aliphatic imine (C=N–C) groups is 1. The zero-order valence-corrected chi connectivity index (χ0v) is 17.8. The minimum Gasteiger partial charge on any atom is -0.486 e. The van der Waals surface area contributed by atoms with E-state index in [9.17, 15) is 12.8 Å². The number of sulfonamides is 1. The Morgan fingerprint density at radius 3 is 2.83 bits per heavy atom. The first kappa shape index (κ1) is 23.4. The Morgan fingerprint density at radius 1 is 1.34 bits per heavy atom. The van der Waals surface area contributed by atoms with E-state index in [1.807, 2.05) is 0 Å². The minimum atomic E-state index is -3.40. The van der Waals surface area contributed by atoms with Gasteiger partial charge < -0.3 is 20.1 Å². The van der Waals surface area contributed by atoms with Gasteiger partial charge in [-0.1, -0.05) is 12.1 Å². The van der Waals surface area contributed by atoms with Crippen LogP contribution in [-0.2, 0) is 14.8 Å². The van der Waals surface area contributed by atoms with Crippen molar-refractivity contribution in [3.05, 3.63) is 30.1 Å². The van der Waals surface area contributed by atoms with Crippen LogP contribution >= 0.6 is 0 Å². The number of nitrogens with zero attached hydrogens (tertiary/aromatic N) is 1. The van der Waals surface area contributed by atoms with Gasteiger partial charge in [0.05, 0.1) is 18.4 Å². The standard InChI is InChI=1S/C19H31FN4O4S/c1-15(28-18-9-4-3-8-17(18)20)13-23-19(21-2)22-10-12-29(25,26)24-14-16-7-5-6-11-27-16/h3-4,8-9,15-16,24H,5-7,10-14H2,1-2H3,(H2,21,22,23). The van der Waals surface area contributed by atoms with E-state index in [2.05, 4.69) is 20.3 Å². The number of para-hydroxylation sites is 1. The van der Waals surface area contributed by atoms with E-state index < -0.39 is 15.8 Å². The van der Waals surface area contributed by atoms with Crippen LogP contribution in [0.5, 0.6) is 5.75 Å². The second-order valence-electron chi connectivity index (χ2n) is 6.89. The molecule has 1 aromatic carbocycles. The van der Waals surface area contributed by atoms with Crippen molar-refractivity contribution in [3.8, 4) is 5.75 Å². The summed E-state index contributed by atoms with van der Waals surface area (Å²) >= 11 is 0. The van der Waals surface area contributed by atoms with Gasteiger partial charge in [-0.15, -0.1) is 0 Å². The third kappa shape index (κ3) is 8.97. The quantitative estimate of drug-likeness (QED) is 0.382. The van der Waals surface area contributed by atoms with Crippen LogP contribution in [0.4, 0.5) is 4.39 Å². The summed E-state index contributed by atoms with van der Waals surface area (Å²) in [6, 6.07) is 6.20. The summed E-state index contributed by atoms with van der Waals surface area (Å²) in [5.41, 5.74) is 0. The molecule has 1 saturated heterocycles. The van der Waals surface area contributed by atoms with E-state index >= 15 is 0 Å². The summed E-state index contributed by atoms with van der Waals surface area (Å²) in [5, 5.41) is 5.99. The lowest BCUT2D eigenvalue weighted by molar-refractivity contribution is 0.0200. The van der Waals surface area contributed by atoms with Crippen LogP contribution in [0.15, 0.2) is 29.3 Å². The molecule has 164 valence electrons. The molecular formula is C19H31FN4O4S. The number of hydrogen-bond acceptors (Lipinski definition) is 5. The number of hydrogen-bond donors (Lipinski definition) is 3. The molecule has 1 heterocycles. The Morgan fingerprint density at radius 2 is 2.14 bits per heavy atom. The molecule has 0 radical (unpaired) electrons. The van der Waals surface area contributed by atoms with Crippen molar-refractivity contribution in [3.63, 3.8) is 0 Å². The number of rotatable bonds is 10. The molecule has 0 spiro atoms. The van der Waals surface area contributed by atoms with Crippen LogP contribution in [0.25, 0.3) is 0 Å². The summed E-state index contributed by atoms with van der Waals surface area (Å²) in [7, 11) is -1.82. The molecule has 1 aromatic rings. The van der Waals surface area contributed by atoms with Gasteiger partial charge in [0.25, 0.3) is 0 Å².